The molecule has 2 aromatic carbocycles. The molecule has 3 rings (SSSR count). The van der Waals surface area contributed by atoms with Gasteiger partial charge in [-0.2, -0.15) is 10.1 Å². The van der Waals surface area contributed by atoms with E-state index < -0.39 is 0 Å². The lowest BCUT2D eigenvalue weighted by Crippen LogP contribution is -2.14. The van der Waals surface area contributed by atoms with Gasteiger partial charge in [0.05, 0.1) is 19.9 Å². The van der Waals surface area contributed by atoms with Crippen LogP contribution in [0, 0.1) is 20.8 Å². The number of aryl methyl sites for hydroxylation is 3. The molecule has 3 aromatic rings. The topological polar surface area (TPSA) is 81.2 Å². The molecule has 0 radical (unpaired) electrons. The molecule has 7 heteroatoms. The molecule has 0 atom stereocenters. The smallest absolute Gasteiger partial charge is 0.244 e. The molecule has 0 aliphatic rings. The van der Waals surface area contributed by atoms with E-state index >= 15 is 0 Å². The Morgan fingerprint density at radius 2 is 1.64 bits per heavy atom. The minimum atomic E-state index is 0.450. The maximum Gasteiger partial charge on any atom is 0.244 e. The maximum absolute atomic E-state index is 5.69. The molecule has 1 heterocycles. The highest BCUT2D eigenvalue weighted by Crippen LogP contribution is 2.25. The van der Waals surface area contributed by atoms with Crippen LogP contribution in [0.5, 0.6) is 11.5 Å². The van der Waals surface area contributed by atoms with E-state index in [0.717, 1.165) is 17.2 Å². The van der Waals surface area contributed by atoms with Crippen LogP contribution in [0.4, 0.5) is 17.5 Å². The number of rotatable bonds is 8. The van der Waals surface area contributed by atoms with Gasteiger partial charge in [0.15, 0.2) is 5.82 Å². The fraction of sp³-hybridized carbons (Fsp3) is 0.286. The van der Waals surface area contributed by atoms with Gasteiger partial charge in [-0.05, 0) is 56.2 Å². The Bertz CT molecular complexity index is 905. The van der Waals surface area contributed by atoms with Crippen molar-refractivity contribution in [2.45, 2.75) is 20.8 Å². The van der Waals surface area contributed by atoms with Gasteiger partial charge in [0.2, 0.25) is 5.95 Å². The normalized spacial score (nSPS) is 10.4. The van der Waals surface area contributed by atoms with Crippen molar-refractivity contribution in [3.63, 3.8) is 0 Å². The van der Waals surface area contributed by atoms with Gasteiger partial charge in [-0.25, -0.2) is 0 Å². The second-order valence-electron chi connectivity index (χ2n) is 6.51. The van der Waals surface area contributed by atoms with Crippen LogP contribution in [-0.2, 0) is 0 Å². The Morgan fingerprint density at radius 3 is 2.32 bits per heavy atom. The Hall–Kier alpha value is -3.35. The van der Waals surface area contributed by atoms with Crippen molar-refractivity contribution < 1.29 is 9.47 Å². The summed E-state index contributed by atoms with van der Waals surface area (Å²) in [6.07, 6.45) is 1.61. The van der Waals surface area contributed by atoms with E-state index in [4.69, 9.17) is 9.47 Å². The summed E-state index contributed by atoms with van der Waals surface area (Å²) in [4.78, 5) is 4.47. The van der Waals surface area contributed by atoms with Crippen LogP contribution < -0.4 is 20.1 Å². The molecule has 2 N–H and O–H groups in total. The molecule has 0 amide bonds. The minimum Gasteiger partial charge on any atom is -0.497 e. The van der Waals surface area contributed by atoms with Gasteiger partial charge in [0, 0.05) is 5.69 Å². The monoisotopic (exact) mass is 379 g/mol. The molecule has 7 nitrogen and oxygen atoms in total. The van der Waals surface area contributed by atoms with Gasteiger partial charge in [0.25, 0.3) is 0 Å². The molecule has 28 heavy (non-hydrogen) atoms. The summed E-state index contributed by atoms with van der Waals surface area (Å²) in [6, 6.07) is 11.7. The summed E-state index contributed by atoms with van der Waals surface area (Å²) in [6.45, 7) is 7.27. The Morgan fingerprint density at radius 1 is 0.964 bits per heavy atom. The van der Waals surface area contributed by atoms with Crippen LogP contribution in [0.25, 0.3) is 0 Å². The summed E-state index contributed by atoms with van der Waals surface area (Å²) in [7, 11) is 1.64. The highest BCUT2D eigenvalue weighted by Gasteiger charge is 2.07. The van der Waals surface area contributed by atoms with Gasteiger partial charge in [-0.15, -0.1) is 5.10 Å². The van der Waals surface area contributed by atoms with Crippen molar-refractivity contribution in [1.29, 1.82) is 0 Å². The van der Waals surface area contributed by atoms with E-state index in [1.54, 1.807) is 13.3 Å². The van der Waals surface area contributed by atoms with E-state index in [-0.39, 0.29) is 0 Å². The lowest BCUT2D eigenvalue weighted by molar-refractivity contribution is 0.331. The van der Waals surface area contributed by atoms with Crippen molar-refractivity contribution in [3.8, 4) is 11.5 Å². The molecular weight excluding hydrogens is 354 g/mol. The van der Waals surface area contributed by atoms with Crippen LogP contribution in [-0.4, -0.2) is 35.4 Å². The number of aromatic nitrogens is 3. The van der Waals surface area contributed by atoms with Gasteiger partial charge >= 0.3 is 0 Å². The third kappa shape index (κ3) is 5.09. The summed E-state index contributed by atoms with van der Waals surface area (Å²) < 4.78 is 10.8. The summed E-state index contributed by atoms with van der Waals surface area (Å²) >= 11 is 0. The van der Waals surface area contributed by atoms with Gasteiger partial charge in [-0.1, -0.05) is 17.7 Å². The molecule has 146 valence electrons. The Kier molecular flexibility index (Phi) is 6.26. The molecule has 0 bridgehead atoms. The fourth-order valence-electron chi connectivity index (χ4n) is 2.95. The molecule has 0 fully saturated rings. The van der Waals surface area contributed by atoms with Crippen molar-refractivity contribution in [2.24, 2.45) is 0 Å². The zero-order valence-corrected chi connectivity index (χ0v) is 16.6. The Labute approximate surface area is 165 Å². The van der Waals surface area contributed by atoms with Gasteiger partial charge in [-0.3, -0.25) is 0 Å². The van der Waals surface area contributed by atoms with E-state index in [1.165, 1.54) is 16.7 Å². The van der Waals surface area contributed by atoms with E-state index in [0.29, 0.717) is 24.9 Å². The molecule has 0 saturated heterocycles. The quantitative estimate of drug-likeness (QED) is 0.572. The molecule has 1 aromatic heterocycles. The number of anilines is 3. The largest absolute Gasteiger partial charge is 0.497 e. The predicted molar refractivity (Wildman–Crippen MR) is 111 cm³/mol. The highest BCUT2D eigenvalue weighted by atomic mass is 16.5. The molecular formula is C21H25N5O2. The second-order valence-corrected chi connectivity index (χ2v) is 6.51. The van der Waals surface area contributed by atoms with Crippen LogP contribution in [0.15, 0.2) is 42.6 Å². The lowest BCUT2D eigenvalue weighted by Gasteiger charge is -2.13. The number of ether oxygens (including phenoxy) is 2. The molecule has 0 spiro atoms. The van der Waals surface area contributed by atoms with Crippen LogP contribution in [0.1, 0.15) is 16.7 Å². The minimum absolute atomic E-state index is 0.450. The zero-order chi connectivity index (χ0) is 19.9. The van der Waals surface area contributed by atoms with Crippen molar-refractivity contribution in [1.82, 2.24) is 15.2 Å². The first-order chi connectivity index (χ1) is 13.5. The van der Waals surface area contributed by atoms with Crippen LogP contribution in [0.2, 0.25) is 0 Å². The standard InChI is InChI=1S/C21H25N5O2/c1-14-11-15(2)20(16(3)12-14)24-19-13-23-26-21(25-19)22-9-10-28-18-7-5-17(27-4)6-8-18/h5-8,11-13H,9-10H2,1-4H3,(H2,22,24,25,26). The van der Waals surface area contributed by atoms with Crippen LogP contribution in [0.3, 0.4) is 0 Å². The summed E-state index contributed by atoms with van der Waals surface area (Å²) in [5.41, 5.74) is 4.61. The second kappa shape index (κ2) is 9.03. The molecule has 0 aliphatic carbocycles. The molecule has 0 aliphatic heterocycles. The Balaban J connectivity index is 1.55. The zero-order valence-electron chi connectivity index (χ0n) is 16.6. The number of nitrogens with one attached hydrogen (secondary N) is 2. The third-order valence-corrected chi connectivity index (χ3v) is 4.20. The van der Waals surface area contributed by atoms with Crippen LogP contribution >= 0.6 is 0 Å². The van der Waals surface area contributed by atoms with E-state index in [9.17, 15) is 0 Å². The van der Waals surface area contributed by atoms with Gasteiger partial charge in [0.1, 0.15) is 18.1 Å². The number of methoxy groups -OCH3 is 1. The van der Waals surface area contributed by atoms with Crippen molar-refractivity contribution in [2.75, 3.05) is 30.9 Å². The molecule has 0 unspecified atom stereocenters. The fourth-order valence-corrected chi connectivity index (χ4v) is 2.95. The van der Waals surface area contributed by atoms with E-state index in [1.807, 2.05) is 24.3 Å². The third-order valence-electron chi connectivity index (χ3n) is 4.20. The predicted octanol–water partition coefficient (Wildman–Crippen LogP) is 4.04. The summed E-state index contributed by atoms with van der Waals surface area (Å²) in [5, 5.41) is 14.5. The average Bonchev–Trinajstić information content (AvgIpc) is 2.69. The average molecular weight is 379 g/mol. The van der Waals surface area contributed by atoms with Gasteiger partial charge < -0.3 is 20.1 Å². The first-order valence-corrected chi connectivity index (χ1v) is 9.10. The van der Waals surface area contributed by atoms with Crippen molar-refractivity contribution in [3.05, 3.63) is 59.3 Å². The maximum atomic E-state index is 5.69. The number of hydrogen-bond donors (Lipinski definition) is 2. The SMILES string of the molecule is COc1ccc(OCCNc2nncc(Nc3c(C)cc(C)cc3C)n2)cc1. The van der Waals surface area contributed by atoms with E-state index in [2.05, 4.69) is 58.7 Å². The summed E-state index contributed by atoms with van der Waals surface area (Å²) in [5.74, 6) is 2.67. The molecule has 0 saturated carbocycles. The number of benzene rings is 2. The lowest BCUT2D eigenvalue weighted by atomic mass is 10.1. The van der Waals surface area contributed by atoms with Crippen molar-refractivity contribution >= 4 is 17.5 Å². The number of hydrogen-bond acceptors (Lipinski definition) is 7. The number of nitrogens with zero attached hydrogens (tertiary/aromatic N) is 3. The first-order valence-electron chi connectivity index (χ1n) is 9.10. The highest BCUT2D eigenvalue weighted by molar-refractivity contribution is 5.65. The first kappa shape index (κ1) is 19.4.